The molecule has 2 amide bonds. The number of rotatable bonds is 37. The number of hydrogen-bond donors (Lipinski definition) is 4. The van der Waals surface area contributed by atoms with Crippen LogP contribution in [0, 0.1) is 0 Å². The second-order valence-electron chi connectivity index (χ2n) is 13.2. The molecule has 0 fully saturated rings. The van der Waals surface area contributed by atoms with Crippen LogP contribution in [0.5, 0.6) is 0 Å². The van der Waals surface area contributed by atoms with Gasteiger partial charge in [0.2, 0.25) is 11.8 Å². The van der Waals surface area contributed by atoms with Crippen molar-refractivity contribution in [2.75, 3.05) is 39.3 Å². The summed E-state index contributed by atoms with van der Waals surface area (Å²) in [4.78, 5) is 24.1. The lowest BCUT2D eigenvalue weighted by atomic mass is 10.1. The Kier molecular flexibility index (Phi) is 39.1. The first-order valence-electron chi connectivity index (χ1n) is 20.3. The fraction of sp³-hybridized carbons (Fsp3) is 0.762. The van der Waals surface area contributed by atoms with Crippen LogP contribution in [0.3, 0.4) is 0 Å². The first-order chi connectivity index (χ1) is 23.7. The summed E-state index contributed by atoms with van der Waals surface area (Å²) in [6, 6.07) is 0. The average Bonchev–Trinajstić information content (AvgIpc) is 3.09. The van der Waals surface area contributed by atoms with E-state index < -0.39 is 0 Å². The molecule has 0 unspecified atom stereocenters. The molecule has 6 heteroatoms. The molecule has 6 nitrogen and oxygen atoms in total. The van der Waals surface area contributed by atoms with Crippen LogP contribution in [0.25, 0.3) is 0 Å². The predicted molar refractivity (Wildman–Crippen MR) is 210 cm³/mol. The topological polar surface area (TPSA) is 82.3 Å². The fourth-order valence-corrected chi connectivity index (χ4v) is 5.42. The molecule has 0 aromatic carbocycles. The third kappa shape index (κ3) is 40.0. The maximum Gasteiger partial charge on any atom is 0.220 e. The second-order valence-corrected chi connectivity index (χ2v) is 13.2. The summed E-state index contributed by atoms with van der Waals surface area (Å²) < 4.78 is 0. The Bertz CT molecular complexity index is 739. The van der Waals surface area contributed by atoms with Gasteiger partial charge in [-0.1, -0.05) is 140 Å². The Morgan fingerprint density at radius 2 is 0.667 bits per heavy atom. The van der Waals surface area contributed by atoms with Gasteiger partial charge < -0.3 is 21.3 Å². The molecule has 0 bridgehead atoms. The van der Waals surface area contributed by atoms with Gasteiger partial charge in [0.1, 0.15) is 0 Å². The van der Waals surface area contributed by atoms with Gasteiger partial charge >= 0.3 is 0 Å². The van der Waals surface area contributed by atoms with Crippen molar-refractivity contribution in [3.63, 3.8) is 0 Å². The molecule has 0 rings (SSSR count). The molecule has 0 aliphatic rings. The zero-order chi connectivity index (χ0) is 34.9. The van der Waals surface area contributed by atoms with E-state index in [2.05, 4.69) is 83.7 Å². The number of carbonyl (C=O) groups excluding carboxylic acids is 2. The molecule has 4 N–H and O–H groups in total. The van der Waals surface area contributed by atoms with Gasteiger partial charge in [0.05, 0.1) is 0 Å². The molecular weight excluding hydrogens is 592 g/mol. The van der Waals surface area contributed by atoms with E-state index in [1.165, 1.54) is 103 Å². The molecule has 0 saturated carbocycles. The van der Waals surface area contributed by atoms with Crippen molar-refractivity contribution in [2.24, 2.45) is 0 Å². The number of nitrogens with one attached hydrogen (secondary N) is 4. The first-order valence-corrected chi connectivity index (χ1v) is 20.3. The summed E-state index contributed by atoms with van der Waals surface area (Å²) in [5, 5.41) is 12.7. The largest absolute Gasteiger partial charge is 0.355 e. The van der Waals surface area contributed by atoms with Crippen molar-refractivity contribution >= 4 is 11.8 Å². The number of amides is 2. The van der Waals surface area contributed by atoms with E-state index in [4.69, 9.17) is 0 Å². The van der Waals surface area contributed by atoms with E-state index in [-0.39, 0.29) is 11.8 Å². The lowest BCUT2D eigenvalue weighted by Crippen LogP contribution is -2.37. The quantitative estimate of drug-likeness (QED) is 0.0392. The Morgan fingerprint density at radius 3 is 1.02 bits per heavy atom. The van der Waals surface area contributed by atoms with Crippen molar-refractivity contribution < 1.29 is 9.59 Å². The van der Waals surface area contributed by atoms with Crippen molar-refractivity contribution in [1.29, 1.82) is 0 Å². The average molecular weight is 671 g/mol. The highest BCUT2D eigenvalue weighted by atomic mass is 16.2. The van der Waals surface area contributed by atoms with E-state index in [0.717, 1.165) is 64.7 Å². The predicted octanol–water partition coefficient (Wildman–Crippen LogP) is 10.0. The highest BCUT2D eigenvalue weighted by Crippen LogP contribution is 2.09. The Morgan fingerprint density at radius 1 is 0.375 bits per heavy atom. The fourth-order valence-electron chi connectivity index (χ4n) is 5.42. The normalized spacial score (nSPS) is 12.0. The molecule has 0 aromatic rings. The maximum atomic E-state index is 12.0. The van der Waals surface area contributed by atoms with E-state index >= 15 is 0 Å². The molecule has 0 radical (unpaired) electrons. The van der Waals surface area contributed by atoms with E-state index in [1.807, 2.05) is 0 Å². The van der Waals surface area contributed by atoms with Gasteiger partial charge in [-0.15, -0.1) is 0 Å². The minimum atomic E-state index is 0.162. The van der Waals surface area contributed by atoms with Crippen LogP contribution >= 0.6 is 0 Å². The van der Waals surface area contributed by atoms with Crippen molar-refractivity contribution in [3.05, 3.63) is 48.6 Å². The van der Waals surface area contributed by atoms with Crippen molar-refractivity contribution in [2.45, 2.75) is 168 Å². The summed E-state index contributed by atoms with van der Waals surface area (Å²) in [5.41, 5.74) is 0. The summed E-state index contributed by atoms with van der Waals surface area (Å²) in [7, 11) is 0. The van der Waals surface area contributed by atoms with Crippen LogP contribution in [0.2, 0.25) is 0 Å². The van der Waals surface area contributed by atoms with Crippen LogP contribution in [0.4, 0.5) is 0 Å². The highest BCUT2D eigenvalue weighted by Gasteiger charge is 2.01. The molecule has 0 aromatic heterocycles. The standard InChI is InChI=1S/C42H78N4O2/c1-3-5-7-9-11-13-15-17-19-21-23-25-27-29-31-33-41(47)45-39-37-43-35-36-44-38-40-46-42(48)34-32-30-28-26-24-22-20-18-16-14-12-10-8-6-4-2/h13-20,43-44H,3-12,21-40H2,1-2H3,(H,45,47)(H,46,48). The van der Waals surface area contributed by atoms with Crippen LogP contribution in [0.1, 0.15) is 168 Å². The molecular formula is C42H78N4O2. The van der Waals surface area contributed by atoms with E-state index in [0.29, 0.717) is 25.9 Å². The summed E-state index contributed by atoms with van der Waals surface area (Å²) in [6.07, 6.45) is 46.1. The number of unbranched alkanes of at least 4 members (excludes halogenated alkanes) is 18. The second kappa shape index (κ2) is 41.0. The van der Waals surface area contributed by atoms with Gasteiger partial charge in [0.15, 0.2) is 0 Å². The summed E-state index contributed by atoms with van der Waals surface area (Å²) >= 11 is 0. The number of carbonyl (C=O) groups is 2. The molecule has 0 aliphatic carbocycles. The minimum absolute atomic E-state index is 0.162. The van der Waals surface area contributed by atoms with Crippen LogP contribution in [-0.2, 0) is 9.59 Å². The third-order valence-corrected chi connectivity index (χ3v) is 8.49. The summed E-state index contributed by atoms with van der Waals surface area (Å²) in [6.45, 7) is 9.09. The van der Waals surface area contributed by atoms with Crippen LogP contribution in [-0.4, -0.2) is 51.1 Å². The van der Waals surface area contributed by atoms with E-state index in [1.54, 1.807) is 0 Å². The van der Waals surface area contributed by atoms with Crippen LogP contribution < -0.4 is 21.3 Å². The zero-order valence-corrected chi connectivity index (χ0v) is 31.6. The monoisotopic (exact) mass is 671 g/mol. The number of hydrogen-bond acceptors (Lipinski definition) is 4. The lowest BCUT2D eigenvalue weighted by Gasteiger charge is -2.09. The molecule has 0 saturated heterocycles. The van der Waals surface area contributed by atoms with Crippen molar-refractivity contribution in [1.82, 2.24) is 21.3 Å². The summed E-state index contributed by atoms with van der Waals surface area (Å²) in [5.74, 6) is 0.324. The van der Waals surface area contributed by atoms with Crippen molar-refractivity contribution in [3.8, 4) is 0 Å². The molecule has 48 heavy (non-hydrogen) atoms. The minimum Gasteiger partial charge on any atom is -0.355 e. The maximum absolute atomic E-state index is 12.0. The van der Waals surface area contributed by atoms with E-state index in [9.17, 15) is 9.59 Å². The SMILES string of the molecule is CCCCCCC=CC=CCCCCCCCC(=O)NCCNCCNCCNC(=O)CCCCCCCC=CC=CCCCCCC. The van der Waals surface area contributed by atoms with Gasteiger partial charge in [0.25, 0.3) is 0 Å². The van der Waals surface area contributed by atoms with Crippen LogP contribution in [0.15, 0.2) is 48.6 Å². The molecule has 278 valence electrons. The Hall–Kier alpha value is -2.18. The van der Waals surface area contributed by atoms with Gasteiger partial charge in [-0.3, -0.25) is 9.59 Å². The van der Waals surface area contributed by atoms with Gasteiger partial charge in [0, 0.05) is 52.1 Å². The Balaban J connectivity index is 3.34. The first kappa shape index (κ1) is 45.8. The highest BCUT2D eigenvalue weighted by molar-refractivity contribution is 5.76. The van der Waals surface area contributed by atoms with Gasteiger partial charge in [-0.25, -0.2) is 0 Å². The lowest BCUT2D eigenvalue weighted by molar-refractivity contribution is -0.122. The smallest absolute Gasteiger partial charge is 0.220 e. The number of allylic oxidation sites excluding steroid dienone is 8. The third-order valence-electron chi connectivity index (χ3n) is 8.49. The molecule has 0 spiro atoms. The van der Waals surface area contributed by atoms with Gasteiger partial charge in [-0.2, -0.15) is 0 Å². The Labute approximate surface area is 297 Å². The molecule has 0 heterocycles. The molecule has 0 atom stereocenters. The van der Waals surface area contributed by atoms with Gasteiger partial charge in [-0.05, 0) is 64.2 Å². The zero-order valence-electron chi connectivity index (χ0n) is 31.6. The molecule has 0 aliphatic heterocycles.